The zero-order chi connectivity index (χ0) is 16.6. The third kappa shape index (κ3) is 3.11. The molecule has 3 aromatic heterocycles. The summed E-state index contributed by atoms with van der Waals surface area (Å²) in [5, 5.41) is 7.40. The van der Waals surface area contributed by atoms with Crippen molar-refractivity contribution in [2.75, 3.05) is 31.1 Å². The first-order valence-corrected chi connectivity index (χ1v) is 9.73. The molecule has 0 atom stereocenters. The second kappa shape index (κ2) is 6.34. The van der Waals surface area contributed by atoms with E-state index in [1.54, 1.807) is 17.7 Å². The van der Waals surface area contributed by atoms with Crippen LogP contribution in [0.4, 0.5) is 5.82 Å². The van der Waals surface area contributed by atoms with Gasteiger partial charge in [-0.2, -0.15) is 4.98 Å². The smallest absolute Gasteiger partial charge is 0.229 e. The third-order valence-corrected chi connectivity index (χ3v) is 5.72. The number of hydrogen-bond donors (Lipinski definition) is 0. The van der Waals surface area contributed by atoms with Gasteiger partial charge in [-0.3, -0.25) is 4.90 Å². The van der Waals surface area contributed by atoms with Crippen LogP contribution in [-0.2, 0) is 6.54 Å². The van der Waals surface area contributed by atoms with E-state index in [1.807, 2.05) is 0 Å². The Morgan fingerprint density at radius 3 is 3.04 bits per heavy atom. The minimum absolute atomic E-state index is 0.520. The predicted molar refractivity (Wildman–Crippen MR) is 95.8 cm³/mol. The van der Waals surface area contributed by atoms with Crippen LogP contribution in [0.5, 0.6) is 0 Å². The van der Waals surface area contributed by atoms with Crippen LogP contribution < -0.4 is 4.90 Å². The third-order valence-electron chi connectivity index (χ3n) is 4.90. The summed E-state index contributed by atoms with van der Waals surface area (Å²) in [6.07, 6.45) is 5.16. The monoisotopic (exact) mass is 356 g/mol. The number of anilines is 1. The van der Waals surface area contributed by atoms with E-state index in [0.29, 0.717) is 5.92 Å². The molecule has 0 aromatic carbocycles. The standard InChI is InChI=1S/C17H20N6OS/c1-5-22(10-14-20-16(24-21-14)12-2-3-12)7-8-23(6-1)15-13-4-9-25-17(13)19-11-18-15/h4,9,11-12H,1-3,5-8,10H2. The molecule has 0 amide bonds. The molecule has 1 aliphatic carbocycles. The molecule has 1 aliphatic heterocycles. The number of fused-ring (bicyclic) bond motifs is 1. The van der Waals surface area contributed by atoms with Crippen molar-refractivity contribution in [3.63, 3.8) is 0 Å². The molecule has 7 nitrogen and oxygen atoms in total. The Labute approximate surface area is 149 Å². The van der Waals surface area contributed by atoms with Crippen molar-refractivity contribution in [1.29, 1.82) is 0 Å². The quantitative estimate of drug-likeness (QED) is 0.711. The maximum absolute atomic E-state index is 5.38. The van der Waals surface area contributed by atoms with E-state index in [4.69, 9.17) is 4.52 Å². The highest BCUT2D eigenvalue weighted by atomic mass is 32.1. The second-order valence-corrected chi connectivity index (χ2v) is 7.67. The summed E-state index contributed by atoms with van der Waals surface area (Å²) in [4.78, 5) is 19.3. The van der Waals surface area contributed by atoms with E-state index in [0.717, 1.165) is 66.9 Å². The van der Waals surface area contributed by atoms with E-state index in [2.05, 4.69) is 41.4 Å². The molecule has 0 radical (unpaired) electrons. The summed E-state index contributed by atoms with van der Waals surface area (Å²) in [6.45, 7) is 4.75. The van der Waals surface area contributed by atoms with E-state index < -0.39 is 0 Å². The van der Waals surface area contributed by atoms with Gasteiger partial charge in [0.05, 0.1) is 11.9 Å². The number of thiophene rings is 1. The van der Waals surface area contributed by atoms with Gasteiger partial charge in [-0.15, -0.1) is 11.3 Å². The molecular weight excluding hydrogens is 336 g/mol. The summed E-state index contributed by atoms with van der Waals surface area (Å²) in [7, 11) is 0. The highest BCUT2D eigenvalue weighted by Crippen LogP contribution is 2.38. The molecule has 2 fully saturated rings. The van der Waals surface area contributed by atoms with Crippen molar-refractivity contribution in [3.8, 4) is 0 Å². The molecule has 3 aromatic rings. The summed E-state index contributed by atoms with van der Waals surface area (Å²) >= 11 is 1.67. The van der Waals surface area contributed by atoms with Crippen molar-refractivity contribution in [1.82, 2.24) is 25.0 Å². The van der Waals surface area contributed by atoms with Crippen LogP contribution in [0.1, 0.15) is 36.9 Å². The van der Waals surface area contributed by atoms with Crippen LogP contribution in [0.2, 0.25) is 0 Å². The number of aromatic nitrogens is 4. The zero-order valence-corrected chi connectivity index (χ0v) is 14.8. The Kier molecular flexibility index (Phi) is 3.86. The van der Waals surface area contributed by atoms with Gasteiger partial charge in [-0.05, 0) is 30.7 Å². The highest BCUT2D eigenvalue weighted by Gasteiger charge is 2.30. The fourth-order valence-electron chi connectivity index (χ4n) is 3.40. The van der Waals surface area contributed by atoms with Crippen LogP contribution in [0.3, 0.4) is 0 Å². The Bertz CT molecular complexity index is 873. The van der Waals surface area contributed by atoms with Gasteiger partial charge in [0.1, 0.15) is 17.0 Å². The Hall–Kier alpha value is -2.06. The van der Waals surface area contributed by atoms with Crippen molar-refractivity contribution < 1.29 is 4.52 Å². The van der Waals surface area contributed by atoms with Crippen LogP contribution >= 0.6 is 11.3 Å². The lowest BCUT2D eigenvalue weighted by molar-refractivity contribution is 0.271. The number of nitrogens with zero attached hydrogens (tertiary/aromatic N) is 6. The first-order chi connectivity index (χ1) is 12.4. The fourth-order valence-corrected chi connectivity index (χ4v) is 4.12. The van der Waals surface area contributed by atoms with Gasteiger partial charge in [0.25, 0.3) is 0 Å². The lowest BCUT2D eigenvalue weighted by Gasteiger charge is -2.22. The summed E-state index contributed by atoms with van der Waals surface area (Å²) < 4.78 is 5.38. The largest absolute Gasteiger partial charge is 0.355 e. The maximum Gasteiger partial charge on any atom is 0.229 e. The summed E-state index contributed by atoms with van der Waals surface area (Å²) in [5.74, 6) is 3.22. The normalized spacial score (nSPS) is 19.4. The molecular formula is C17H20N6OS. The first kappa shape index (κ1) is 15.2. The fraction of sp³-hybridized carbons (Fsp3) is 0.529. The van der Waals surface area contributed by atoms with Crippen LogP contribution in [0.15, 0.2) is 22.3 Å². The van der Waals surface area contributed by atoms with Gasteiger partial charge >= 0.3 is 0 Å². The van der Waals surface area contributed by atoms with Crippen LogP contribution in [-0.4, -0.2) is 51.2 Å². The van der Waals surface area contributed by atoms with Crippen molar-refractivity contribution in [3.05, 3.63) is 29.5 Å². The molecule has 4 heterocycles. The van der Waals surface area contributed by atoms with Gasteiger partial charge in [-0.1, -0.05) is 5.16 Å². The average Bonchev–Trinajstić information content (AvgIpc) is 3.26. The van der Waals surface area contributed by atoms with E-state index in [1.165, 1.54) is 12.8 Å². The first-order valence-electron chi connectivity index (χ1n) is 8.85. The minimum Gasteiger partial charge on any atom is -0.355 e. The molecule has 130 valence electrons. The predicted octanol–water partition coefficient (Wildman–Crippen LogP) is 2.66. The van der Waals surface area contributed by atoms with E-state index >= 15 is 0 Å². The second-order valence-electron chi connectivity index (χ2n) is 6.78. The number of rotatable bonds is 4. The molecule has 0 spiro atoms. The molecule has 0 bridgehead atoms. The topological polar surface area (TPSA) is 71.2 Å². The van der Waals surface area contributed by atoms with E-state index in [9.17, 15) is 0 Å². The Morgan fingerprint density at radius 1 is 1.16 bits per heavy atom. The summed E-state index contributed by atoms with van der Waals surface area (Å²) in [6, 6.07) is 2.12. The molecule has 1 saturated carbocycles. The van der Waals surface area contributed by atoms with Crippen molar-refractivity contribution in [2.24, 2.45) is 0 Å². The van der Waals surface area contributed by atoms with Gasteiger partial charge in [0.2, 0.25) is 5.89 Å². The Balaban J connectivity index is 1.27. The molecule has 0 N–H and O–H groups in total. The molecule has 1 saturated heterocycles. The Morgan fingerprint density at radius 2 is 2.12 bits per heavy atom. The highest BCUT2D eigenvalue weighted by molar-refractivity contribution is 7.16. The van der Waals surface area contributed by atoms with Crippen molar-refractivity contribution in [2.45, 2.75) is 31.7 Å². The van der Waals surface area contributed by atoms with Gasteiger partial charge in [0, 0.05) is 32.1 Å². The zero-order valence-electron chi connectivity index (χ0n) is 14.0. The molecule has 25 heavy (non-hydrogen) atoms. The SMILES string of the molecule is c1nc(N2CCCN(Cc3noc(C4CC4)n3)CC2)c2ccsc2n1. The van der Waals surface area contributed by atoms with Gasteiger partial charge < -0.3 is 9.42 Å². The van der Waals surface area contributed by atoms with Crippen LogP contribution in [0.25, 0.3) is 10.2 Å². The van der Waals surface area contributed by atoms with Gasteiger partial charge in [-0.25, -0.2) is 9.97 Å². The lowest BCUT2D eigenvalue weighted by Crippen LogP contribution is -2.31. The molecule has 5 rings (SSSR count). The number of hydrogen-bond acceptors (Lipinski definition) is 8. The van der Waals surface area contributed by atoms with Crippen molar-refractivity contribution >= 4 is 27.4 Å². The average molecular weight is 356 g/mol. The minimum atomic E-state index is 0.520. The summed E-state index contributed by atoms with van der Waals surface area (Å²) in [5.41, 5.74) is 0. The van der Waals surface area contributed by atoms with E-state index in [-0.39, 0.29) is 0 Å². The molecule has 0 unspecified atom stereocenters. The van der Waals surface area contributed by atoms with Gasteiger partial charge in [0.15, 0.2) is 5.82 Å². The molecule has 2 aliphatic rings. The maximum atomic E-state index is 5.38. The van der Waals surface area contributed by atoms with Crippen LogP contribution in [0, 0.1) is 0 Å². The lowest BCUT2D eigenvalue weighted by atomic mass is 10.3. The molecule has 8 heteroatoms.